The third-order valence-corrected chi connectivity index (χ3v) is 9.01. The summed E-state index contributed by atoms with van der Waals surface area (Å²) < 4.78 is 11.8. The van der Waals surface area contributed by atoms with Crippen molar-refractivity contribution in [2.45, 2.75) is 83.5 Å². The van der Waals surface area contributed by atoms with Crippen molar-refractivity contribution >= 4 is 64.3 Å². The van der Waals surface area contributed by atoms with Crippen LogP contribution < -0.4 is 30.3 Å². The van der Waals surface area contributed by atoms with Gasteiger partial charge in [-0.05, 0) is 74.6 Å². The van der Waals surface area contributed by atoms with E-state index in [9.17, 15) is 24.0 Å². The van der Waals surface area contributed by atoms with E-state index in [0.29, 0.717) is 59.7 Å². The predicted molar refractivity (Wildman–Crippen MR) is 195 cm³/mol. The van der Waals surface area contributed by atoms with Crippen LogP contribution in [-0.4, -0.2) is 60.9 Å². The zero-order valence-corrected chi connectivity index (χ0v) is 29.8. The van der Waals surface area contributed by atoms with Gasteiger partial charge in [-0.15, -0.1) is 11.6 Å². The molecule has 13 heteroatoms. The average Bonchev–Trinajstić information content (AvgIpc) is 3.43. The van der Waals surface area contributed by atoms with Crippen molar-refractivity contribution in [3.63, 3.8) is 0 Å². The van der Waals surface area contributed by atoms with Crippen LogP contribution in [0.3, 0.4) is 0 Å². The number of fused-ring (bicyclic) bond motifs is 4. The molecule has 3 N–H and O–H groups in total. The zero-order valence-electron chi connectivity index (χ0n) is 29.1. The Bertz CT molecular complexity index is 1860. The van der Waals surface area contributed by atoms with Crippen LogP contribution in [0.15, 0.2) is 59.6 Å². The molecular formula is C38H42ClN5O7. The minimum Gasteiger partial charge on any atom is -0.493 e. The van der Waals surface area contributed by atoms with Crippen LogP contribution in [0.4, 0.5) is 17.1 Å². The van der Waals surface area contributed by atoms with E-state index < -0.39 is 23.9 Å². The molecule has 0 unspecified atom stereocenters. The van der Waals surface area contributed by atoms with Gasteiger partial charge in [0.05, 0.1) is 24.4 Å². The summed E-state index contributed by atoms with van der Waals surface area (Å²) in [5, 5.41) is 8.07. The Hall–Kier alpha value is -5.23. The number of nitrogens with zero attached hydrogens (tertiary/aromatic N) is 2. The lowest BCUT2D eigenvalue weighted by atomic mass is 10.1. The first-order valence-corrected chi connectivity index (χ1v) is 17.4. The zero-order chi connectivity index (χ0) is 36.7. The molecule has 0 spiro atoms. The highest BCUT2D eigenvalue weighted by Gasteiger charge is 2.36. The number of carbonyl (C=O) groups excluding carboxylic acids is 5. The normalized spacial score (nSPS) is 15.4. The van der Waals surface area contributed by atoms with E-state index in [0.717, 1.165) is 16.8 Å². The number of aliphatic imine (C=N–C) groups is 1. The van der Waals surface area contributed by atoms with Gasteiger partial charge in [0.2, 0.25) is 17.7 Å². The van der Waals surface area contributed by atoms with Gasteiger partial charge >= 0.3 is 0 Å². The first-order valence-electron chi connectivity index (χ1n) is 16.9. The van der Waals surface area contributed by atoms with Gasteiger partial charge in [0, 0.05) is 48.8 Å². The van der Waals surface area contributed by atoms with E-state index in [1.54, 1.807) is 42.3 Å². The van der Waals surface area contributed by atoms with Crippen molar-refractivity contribution in [1.29, 1.82) is 0 Å². The molecule has 0 aromatic heterocycles. The largest absolute Gasteiger partial charge is 0.493 e. The maximum Gasteiger partial charge on any atom is 0.261 e. The number of nitrogens with one attached hydrogen (secondary N) is 3. The van der Waals surface area contributed by atoms with Gasteiger partial charge in [-0.25, -0.2) is 0 Å². The molecule has 3 atom stereocenters. The van der Waals surface area contributed by atoms with Crippen LogP contribution in [0.2, 0.25) is 0 Å². The lowest BCUT2D eigenvalue weighted by molar-refractivity contribution is -0.130. The number of amides is 4. The van der Waals surface area contributed by atoms with Crippen LogP contribution in [-0.2, 0) is 38.1 Å². The fraction of sp³-hybridized carbons (Fsp3) is 0.368. The first-order chi connectivity index (χ1) is 24.5. The van der Waals surface area contributed by atoms with E-state index in [1.165, 1.54) is 21.0 Å². The Morgan fingerprint density at radius 3 is 2.41 bits per heavy atom. The molecule has 3 aromatic rings. The minimum atomic E-state index is -0.914. The second-order valence-corrected chi connectivity index (χ2v) is 13.0. The molecule has 0 saturated carbocycles. The van der Waals surface area contributed by atoms with Gasteiger partial charge in [-0.3, -0.25) is 29.1 Å². The Labute approximate surface area is 301 Å². The second kappa shape index (κ2) is 16.7. The number of alkyl halides is 1. The summed E-state index contributed by atoms with van der Waals surface area (Å²) in [4.78, 5) is 69.2. The molecular weight excluding hydrogens is 674 g/mol. The van der Waals surface area contributed by atoms with Gasteiger partial charge in [0.15, 0.2) is 11.5 Å². The maximum atomic E-state index is 13.7. The van der Waals surface area contributed by atoms with Crippen molar-refractivity contribution in [2.75, 3.05) is 17.3 Å². The van der Waals surface area contributed by atoms with Gasteiger partial charge in [-0.1, -0.05) is 24.3 Å². The monoisotopic (exact) mass is 715 g/mol. The Morgan fingerprint density at radius 2 is 1.67 bits per heavy atom. The van der Waals surface area contributed by atoms with Crippen LogP contribution in [0.5, 0.6) is 11.5 Å². The molecule has 4 amide bonds. The standard InChI is InChI=1S/C38H42ClN5O7/c1-22(45)9-5-8-12-35(46)41-23(2)36(47)42-24(3)37(48)43-28-14-25(19-39)13-26(15-28)21-51-34-18-31-30(17-33(34)50-4)38(49)44-29(20-40-31)16-27-10-6-7-11-32(27)44/h6-7,10-11,13-15,17-18,20,23-24,29H,5,8-9,12,16,19,21H2,1-4H3,(H,41,46)(H,42,47)(H,43,48)/t23-,24-,29-/m0/s1. The number of ketones is 1. The van der Waals surface area contributed by atoms with E-state index >= 15 is 0 Å². The summed E-state index contributed by atoms with van der Waals surface area (Å²) in [6.45, 7) is 4.67. The summed E-state index contributed by atoms with van der Waals surface area (Å²) in [7, 11) is 1.50. The Kier molecular flexibility index (Phi) is 12.1. The number of anilines is 2. The number of halogens is 1. The second-order valence-electron chi connectivity index (χ2n) is 12.8. The van der Waals surface area contributed by atoms with Crippen molar-refractivity contribution in [3.05, 3.63) is 76.9 Å². The van der Waals surface area contributed by atoms with Crippen molar-refractivity contribution in [2.24, 2.45) is 4.99 Å². The van der Waals surface area contributed by atoms with Crippen LogP contribution >= 0.6 is 11.6 Å². The molecule has 0 bridgehead atoms. The SMILES string of the molecule is COc1cc2c(cc1OCc1cc(CCl)cc(NC(=O)[C@H](C)NC(=O)[C@H](C)NC(=O)CCCCC(C)=O)c1)N=C[C@@H]1Cc3ccccc3N1C2=O. The summed E-state index contributed by atoms with van der Waals surface area (Å²) >= 11 is 6.18. The molecule has 51 heavy (non-hydrogen) atoms. The minimum absolute atomic E-state index is 0.0680. The molecule has 0 fully saturated rings. The van der Waals surface area contributed by atoms with Gasteiger partial charge in [0.25, 0.3) is 5.91 Å². The smallest absolute Gasteiger partial charge is 0.261 e. The van der Waals surface area contributed by atoms with Crippen molar-refractivity contribution in [3.8, 4) is 11.5 Å². The molecule has 12 nitrogen and oxygen atoms in total. The van der Waals surface area contributed by atoms with Gasteiger partial charge < -0.3 is 30.2 Å². The summed E-state index contributed by atoms with van der Waals surface area (Å²) in [5.41, 5.74) is 4.73. The van der Waals surface area contributed by atoms with Gasteiger partial charge in [0.1, 0.15) is 24.5 Å². The summed E-state index contributed by atoms with van der Waals surface area (Å²) in [6.07, 6.45) is 4.23. The van der Waals surface area contributed by atoms with E-state index in [2.05, 4.69) is 20.9 Å². The quantitative estimate of drug-likeness (QED) is 0.141. The number of ether oxygens (including phenoxy) is 2. The highest BCUT2D eigenvalue weighted by Crippen LogP contribution is 2.41. The number of carbonyl (C=O) groups is 5. The molecule has 2 aliphatic rings. The molecule has 0 aliphatic carbocycles. The number of hydrogen-bond donors (Lipinski definition) is 3. The number of Topliss-reactive ketones (excluding diaryl/α,β-unsaturated/α-hetero) is 1. The third-order valence-electron chi connectivity index (χ3n) is 8.70. The van der Waals surface area contributed by atoms with Crippen molar-refractivity contribution in [1.82, 2.24) is 10.6 Å². The predicted octanol–water partition coefficient (Wildman–Crippen LogP) is 5.40. The number of benzene rings is 3. The lowest BCUT2D eigenvalue weighted by Crippen LogP contribution is -2.50. The number of hydrogen-bond acceptors (Lipinski definition) is 8. The van der Waals surface area contributed by atoms with Crippen molar-refractivity contribution < 1.29 is 33.4 Å². The molecule has 0 radical (unpaired) electrons. The third kappa shape index (κ3) is 9.12. The average molecular weight is 716 g/mol. The summed E-state index contributed by atoms with van der Waals surface area (Å²) in [6, 6.07) is 14.5. The topological polar surface area (TPSA) is 156 Å². The number of para-hydroxylation sites is 1. The number of unbranched alkanes of at least 4 members (excludes halogenated alkanes) is 1. The lowest BCUT2D eigenvalue weighted by Gasteiger charge is -2.22. The van der Waals surface area contributed by atoms with E-state index in [-0.39, 0.29) is 42.5 Å². The maximum absolute atomic E-state index is 13.7. The highest BCUT2D eigenvalue weighted by molar-refractivity contribution is 6.17. The van der Waals surface area contributed by atoms with E-state index in [1.807, 2.05) is 30.3 Å². The molecule has 2 aliphatic heterocycles. The summed E-state index contributed by atoms with van der Waals surface area (Å²) in [5.74, 6) is -0.450. The van der Waals surface area contributed by atoms with Gasteiger partial charge in [-0.2, -0.15) is 0 Å². The fourth-order valence-corrected chi connectivity index (χ4v) is 6.19. The molecule has 3 aromatic carbocycles. The first kappa shape index (κ1) is 37.0. The number of rotatable bonds is 15. The van der Waals surface area contributed by atoms with E-state index in [4.69, 9.17) is 21.1 Å². The molecule has 0 saturated heterocycles. The number of methoxy groups -OCH3 is 1. The van der Waals surface area contributed by atoms with Crippen LogP contribution in [0, 0.1) is 0 Å². The highest BCUT2D eigenvalue weighted by atomic mass is 35.5. The Morgan fingerprint density at radius 1 is 0.941 bits per heavy atom. The molecule has 5 rings (SSSR count). The van der Waals surface area contributed by atoms with Crippen LogP contribution in [0.25, 0.3) is 0 Å². The Balaban J connectivity index is 1.21. The molecule has 268 valence electrons. The molecule has 2 heterocycles. The van der Waals surface area contributed by atoms with Crippen LogP contribution in [0.1, 0.15) is 73.5 Å². The fourth-order valence-electron chi connectivity index (χ4n) is 6.04.